The minimum Gasteiger partial charge on any atom is -0.460 e. The molecule has 0 aliphatic heterocycles. The number of carbonyl (C=O) groups excluding carboxylic acids is 1. The summed E-state index contributed by atoms with van der Waals surface area (Å²) in [6.45, 7) is 0. The van der Waals surface area contributed by atoms with Gasteiger partial charge in [0, 0.05) is 0 Å². The average molecular weight is 320 g/mol. The Morgan fingerprint density at radius 2 is 1.88 bits per heavy atom. The van der Waals surface area contributed by atoms with E-state index in [4.69, 9.17) is 51.1 Å². The van der Waals surface area contributed by atoms with Crippen LogP contribution in [0.4, 0.5) is 0 Å². The number of rotatable bonds is 4. The van der Waals surface area contributed by atoms with Crippen LogP contribution in [-0.4, -0.2) is 28.2 Å². The lowest BCUT2D eigenvalue weighted by Crippen LogP contribution is -2.28. The molecule has 2 fully saturated rings. The van der Waals surface area contributed by atoms with Crippen LogP contribution in [0.2, 0.25) is 0 Å². The van der Waals surface area contributed by atoms with Crippen LogP contribution in [0, 0.1) is 17.8 Å². The molecular formula is C11H14Cl4O2. The normalized spacial score (nSPS) is 34.3. The summed E-state index contributed by atoms with van der Waals surface area (Å²) >= 11 is 23.5. The van der Waals surface area contributed by atoms with Crippen LogP contribution in [-0.2, 0) is 9.53 Å². The quantitative estimate of drug-likeness (QED) is 0.584. The zero-order valence-electron chi connectivity index (χ0n) is 9.17. The predicted octanol–water partition coefficient (Wildman–Crippen LogP) is 3.60. The van der Waals surface area contributed by atoms with E-state index in [9.17, 15) is 4.79 Å². The number of hydrogen-bond donors (Lipinski definition) is 0. The van der Waals surface area contributed by atoms with Crippen LogP contribution in [0.5, 0.6) is 0 Å². The monoisotopic (exact) mass is 318 g/mol. The molecule has 2 saturated carbocycles. The highest BCUT2D eigenvalue weighted by Gasteiger charge is 2.65. The van der Waals surface area contributed by atoms with Crippen molar-refractivity contribution in [1.29, 1.82) is 0 Å². The largest absolute Gasteiger partial charge is 0.460 e. The van der Waals surface area contributed by atoms with E-state index in [0.29, 0.717) is 12.3 Å². The van der Waals surface area contributed by atoms with E-state index < -0.39 is 10.4 Å². The van der Waals surface area contributed by atoms with E-state index in [1.165, 1.54) is 0 Å². The molecule has 0 heterocycles. The minimum atomic E-state index is -0.618. The van der Waals surface area contributed by atoms with Crippen LogP contribution in [0.25, 0.3) is 0 Å². The third-order valence-corrected chi connectivity index (χ3v) is 5.50. The maximum absolute atomic E-state index is 11.9. The summed E-state index contributed by atoms with van der Waals surface area (Å²) in [4.78, 5) is 11.9. The van der Waals surface area contributed by atoms with Gasteiger partial charge in [-0.25, -0.2) is 0 Å². The van der Waals surface area contributed by atoms with Crippen molar-refractivity contribution in [3.63, 3.8) is 0 Å². The average Bonchev–Trinajstić information content (AvgIpc) is 2.88. The molecule has 2 rings (SSSR count). The molecule has 0 radical (unpaired) electrons. The summed E-state index contributed by atoms with van der Waals surface area (Å²) < 4.78 is 4.62. The van der Waals surface area contributed by atoms with Crippen LogP contribution in [0.3, 0.4) is 0 Å². The summed E-state index contributed by atoms with van der Waals surface area (Å²) in [6, 6.07) is 0. The van der Waals surface area contributed by atoms with E-state index in [1.807, 2.05) is 0 Å². The Balaban J connectivity index is 1.85. The molecule has 0 spiro atoms. The SMILES string of the molecule is O=C(OC(CCl)CCl)[C@@H]1CC[C@@H]2[C@@H](C1)C2(Cl)Cl. The third kappa shape index (κ3) is 2.80. The molecule has 0 amide bonds. The first-order valence-electron chi connectivity index (χ1n) is 5.71. The van der Waals surface area contributed by atoms with Crippen molar-refractivity contribution in [3.05, 3.63) is 0 Å². The maximum Gasteiger partial charge on any atom is 0.309 e. The predicted molar refractivity (Wildman–Crippen MR) is 70.1 cm³/mol. The lowest BCUT2D eigenvalue weighted by Gasteiger charge is -2.21. The molecule has 6 heteroatoms. The number of ether oxygens (including phenoxy) is 1. The Kier molecular flexibility index (Phi) is 4.40. The molecule has 98 valence electrons. The summed E-state index contributed by atoms with van der Waals surface area (Å²) in [6.07, 6.45) is 2.00. The summed E-state index contributed by atoms with van der Waals surface area (Å²) in [5, 5.41) is 0. The van der Waals surface area contributed by atoms with Gasteiger partial charge in [-0.2, -0.15) is 0 Å². The number of halogens is 4. The van der Waals surface area contributed by atoms with Crippen molar-refractivity contribution >= 4 is 52.4 Å². The molecule has 0 bridgehead atoms. The molecule has 2 aliphatic carbocycles. The van der Waals surface area contributed by atoms with E-state index in [0.717, 1.165) is 12.8 Å². The molecule has 3 atom stereocenters. The standard InChI is InChI=1S/C11H14Cl4O2/c12-4-7(5-13)17-10(16)6-1-2-8-9(3-6)11(8,14)15/h6-9H,1-5H2/t6-,8-,9-/m1/s1. The topological polar surface area (TPSA) is 26.3 Å². The highest BCUT2D eigenvalue weighted by atomic mass is 35.5. The fraction of sp³-hybridized carbons (Fsp3) is 0.909. The van der Waals surface area contributed by atoms with Crippen LogP contribution in [0.15, 0.2) is 0 Å². The molecule has 17 heavy (non-hydrogen) atoms. The van der Waals surface area contributed by atoms with Crippen molar-refractivity contribution in [2.75, 3.05) is 11.8 Å². The first-order chi connectivity index (χ1) is 8.00. The second kappa shape index (κ2) is 5.32. The number of esters is 1. The molecule has 2 nitrogen and oxygen atoms in total. The highest BCUT2D eigenvalue weighted by Crippen LogP contribution is 2.66. The molecule has 0 saturated heterocycles. The van der Waals surface area contributed by atoms with Crippen molar-refractivity contribution in [3.8, 4) is 0 Å². The van der Waals surface area contributed by atoms with Gasteiger partial charge in [0.25, 0.3) is 0 Å². The van der Waals surface area contributed by atoms with Crippen molar-refractivity contribution in [2.45, 2.75) is 29.7 Å². The Morgan fingerprint density at radius 3 is 2.41 bits per heavy atom. The number of alkyl halides is 4. The van der Waals surface area contributed by atoms with Gasteiger partial charge >= 0.3 is 5.97 Å². The fourth-order valence-electron chi connectivity index (χ4n) is 2.56. The van der Waals surface area contributed by atoms with Gasteiger partial charge in [-0.15, -0.1) is 46.4 Å². The van der Waals surface area contributed by atoms with E-state index in [2.05, 4.69) is 0 Å². The smallest absolute Gasteiger partial charge is 0.309 e. The lowest BCUT2D eigenvalue weighted by molar-refractivity contribution is -0.153. The van der Waals surface area contributed by atoms with Crippen molar-refractivity contribution in [1.82, 2.24) is 0 Å². The summed E-state index contributed by atoms with van der Waals surface area (Å²) in [7, 11) is 0. The second-order valence-electron chi connectivity index (χ2n) is 4.76. The van der Waals surface area contributed by atoms with Crippen LogP contribution < -0.4 is 0 Å². The molecule has 2 aliphatic rings. The zero-order valence-corrected chi connectivity index (χ0v) is 12.2. The Hall–Kier alpha value is 0.630. The molecule has 0 N–H and O–H groups in total. The van der Waals surface area contributed by atoms with E-state index >= 15 is 0 Å². The summed E-state index contributed by atoms with van der Waals surface area (Å²) in [5.41, 5.74) is 0. The zero-order chi connectivity index (χ0) is 12.6. The van der Waals surface area contributed by atoms with E-state index in [-0.39, 0.29) is 29.6 Å². The minimum absolute atomic E-state index is 0.107. The van der Waals surface area contributed by atoms with Gasteiger partial charge in [0.15, 0.2) is 0 Å². The highest BCUT2D eigenvalue weighted by molar-refractivity contribution is 6.51. The van der Waals surface area contributed by atoms with Gasteiger partial charge < -0.3 is 4.74 Å². The first kappa shape index (κ1) is 14.0. The molecule has 0 aromatic heterocycles. The number of hydrogen-bond acceptors (Lipinski definition) is 2. The maximum atomic E-state index is 11.9. The van der Waals surface area contributed by atoms with Gasteiger partial charge in [-0.1, -0.05) is 0 Å². The Bertz CT molecular complexity index is 304. The van der Waals surface area contributed by atoms with Crippen LogP contribution >= 0.6 is 46.4 Å². The second-order valence-corrected chi connectivity index (χ2v) is 6.83. The Labute approximate surface area is 121 Å². The third-order valence-electron chi connectivity index (χ3n) is 3.69. The first-order valence-corrected chi connectivity index (χ1v) is 7.53. The fourth-order valence-corrected chi connectivity index (χ4v) is 3.89. The number of carbonyl (C=O) groups is 1. The number of fused-ring (bicyclic) bond motifs is 1. The van der Waals surface area contributed by atoms with Gasteiger partial charge in [0.2, 0.25) is 0 Å². The molecular weight excluding hydrogens is 306 g/mol. The van der Waals surface area contributed by atoms with Gasteiger partial charge in [0.1, 0.15) is 10.4 Å². The van der Waals surface area contributed by atoms with Gasteiger partial charge in [-0.3, -0.25) is 4.79 Å². The summed E-state index contributed by atoms with van der Waals surface area (Å²) in [5.74, 6) is 0.719. The van der Waals surface area contributed by atoms with E-state index in [1.54, 1.807) is 0 Å². The molecule has 0 aromatic rings. The van der Waals surface area contributed by atoms with Crippen molar-refractivity contribution in [2.24, 2.45) is 17.8 Å². The molecule has 0 unspecified atom stereocenters. The van der Waals surface area contributed by atoms with Crippen molar-refractivity contribution < 1.29 is 9.53 Å². The Morgan fingerprint density at radius 1 is 1.24 bits per heavy atom. The van der Waals surface area contributed by atoms with Gasteiger partial charge in [0.05, 0.1) is 17.7 Å². The van der Waals surface area contributed by atoms with Gasteiger partial charge in [-0.05, 0) is 31.1 Å². The molecule has 0 aromatic carbocycles. The lowest BCUT2D eigenvalue weighted by atomic mass is 9.89. The van der Waals surface area contributed by atoms with Crippen LogP contribution in [0.1, 0.15) is 19.3 Å².